The lowest BCUT2D eigenvalue weighted by molar-refractivity contribution is -0.145. The molecule has 1 fully saturated rings. The van der Waals surface area contributed by atoms with Gasteiger partial charge in [0.1, 0.15) is 0 Å². The van der Waals surface area contributed by atoms with Gasteiger partial charge in [0.15, 0.2) is 0 Å². The number of hydrogen-bond donors (Lipinski definition) is 1. The largest absolute Gasteiger partial charge is 0.319 e. The van der Waals surface area contributed by atoms with Gasteiger partial charge in [0, 0.05) is 12.6 Å². The first-order valence-corrected chi connectivity index (χ1v) is 5.98. The van der Waals surface area contributed by atoms with Crippen LogP contribution in [-0.2, 0) is 0 Å². The summed E-state index contributed by atoms with van der Waals surface area (Å²) in [5, 5.41) is 3.28. The van der Waals surface area contributed by atoms with Crippen LogP contribution < -0.4 is 5.32 Å². The minimum absolute atomic E-state index is 0.206. The first kappa shape index (κ1) is 14.7. The summed E-state index contributed by atoms with van der Waals surface area (Å²) >= 11 is 0. The number of likely N-dealkylation sites (tertiary alicyclic amines) is 1. The van der Waals surface area contributed by atoms with E-state index in [0.717, 1.165) is 13.0 Å². The van der Waals surface area contributed by atoms with Gasteiger partial charge in [0.2, 0.25) is 0 Å². The molecule has 2 atom stereocenters. The van der Waals surface area contributed by atoms with E-state index in [-0.39, 0.29) is 5.92 Å². The first-order valence-electron chi connectivity index (χ1n) is 5.98. The van der Waals surface area contributed by atoms with E-state index in [4.69, 9.17) is 0 Å². The zero-order valence-corrected chi connectivity index (χ0v) is 10.2. The molecule has 1 saturated heterocycles. The topological polar surface area (TPSA) is 15.3 Å². The molecular weight excluding hydrogens is 236 g/mol. The first-order chi connectivity index (χ1) is 7.86. The second kappa shape index (κ2) is 6.00. The Kier molecular flexibility index (Phi) is 5.19. The molecule has 0 spiro atoms. The minimum atomic E-state index is -3.90. The van der Waals surface area contributed by atoms with Gasteiger partial charge < -0.3 is 5.32 Å². The fraction of sp³-hybridized carbons (Fsp3) is 1.00. The van der Waals surface area contributed by atoms with Crippen LogP contribution in [0.15, 0.2) is 0 Å². The van der Waals surface area contributed by atoms with Crippen LogP contribution in [0.1, 0.15) is 20.3 Å². The molecule has 102 valence electrons. The van der Waals surface area contributed by atoms with Crippen LogP contribution >= 0.6 is 0 Å². The predicted octanol–water partition coefficient (Wildman–Crippen LogP) is 2.21. The molecule has 2 unspecified atom stereocenters. The van der Waals surface area contributed by atoms with E-state index in [1.807, 2.05) is 13.8 Å². The molecule has 0 aromatic carbocycles. The zero-order valence-electron chi connectivity index (χ0n) is 10.2. The smallest absolute Gasteiger partial charge is 0.314 e. The Labute approximate surface area is 99.4 Å². The summed E-state index contributed by atoms with van der Waals surface area (Å²) in [5.74, 6) is -3.69. The van der Waals surface area contributed by atoms with Gasteiger partial charge in [-0.2, -0.15) is 8.78 Å². The van der Waals surface area contributed by atoms with Crippen molar-refractivity contribution in [3.05, 3.63) is 0 Å². The minimum Gasteiger partial charge on any atom is -0.314 e. The maximum absolute atomic E-state index is 12.9. The third-order valence-corrected chi connectivity index (χ3v) is 3.21. The molecule has 0 aliphatic carbocycles. The average Bonchev–Trinajstić information content (AvgIpc) is 2.21. The van der Waals surface area contributed by atoms with Crippen molar-refractivity contribution >= 4 is 0 Å². The van der Waals surface area contributed by atoms with Gasteiger partial charge in [-0.05, 0) is 25.4 Å². The van der Waals surface area contributed by atoms with Crippen LogP contribution in [0.5, 0.6) is 0 Å². The molecular formula is C11H20F4N2. The Hall–Kier alpha value is -0.360. The van der Waals surface area contributed by atoms with E-state index in [2.05, 4.69) is 5.32 Å². The number of piperidine rings is 1. The molecule has 1 N–H and O–H groups in total. The highest BCUT2D eigenvalue weighted by Crippen LogP contribution is 2.26. The van der Waals surface area contributed by atoms with E-state index < -0.39 is 18.9 Å². The molecule has 0 aromatic heterocycles. The molecule has 2 nitrogen and oxygen atoms in total. The maximum atomic E-state index is 12.9. The SMILES string of the molecule is CCNC1CCN(CC(F)(F)C(F)F)CC1C. The van der Waals surface area contributed by atoms with Crippen molar-refractivity contribution in [2.75, 3.05) is 26.2 Å². The van der Waals surface area contributed by atoms with Crippen LogP contribution in [0.3, 0.4) is 0 Å². The Bertz CT molecular complexity index is 236. The molecule has 6 heteroatoms. The van der Waals surface area contributed by atoms with Crippen molar-refractivity contribution in [2.24, 2.45) is 5.92 Å². The van der Waals surface area contributed by atoms with E-state index >= 15 is 0 Å². The predicted molar refractivity (Wildman–Crippen MR) is 58.6 cm³/mol. The Morgan fingerprint density at radius 1 is 1.41 bits per heavy atom. The molecule has 1 heterocycles. The summed E-state index contributed by atoms with van der Waals surface area (Å²) in [6.07, 6.45) is -2.85. The fourth-order valence-electron chi connectivity index (χ4n) is 2.31. The number of rotatable bonds is 5. The van der Waals surface area contributed by atoms with Crippen molar-refractivity contribution in [3.8, 4) is 0 Å². The van der Waals surface area contributed by atoms with Crippen LogP contribution in [0.25, 0.3) is 0 Å². The molecule has 17 heavy (non-hydrogen) atoms. The maximum Gasteiger partial charge on any atom is 0.319 e. The van der Waals surface area contributed by atoms with Crippen molar-refractivity contribution in [3.63, 3.8) is 0 Å². The zero-order chi connectivity index (χ0) is 13.1. The van der Waals surface area contributed by atoms with Crippen LogP contribution in [0, 0.1) is 5.92 Å². The highest BCUT2D eigenvalue weighted by Gasteiger charge is 2.43. The highest BCUT2D eigenvalue weighted by molar-refractivity contribution is 4.85. The lowest BCUT2D eigenvalue weighted by atomic mass is 9.93. The van der Waals surface area contributed by atoms with Crippen LogP contribution in [0.4, 0.5) is 17.6 Å². The Balaban J connectivity index is 2.44. The van der Waals surface area contributed by atoms with Crippen molar-refractivity contribution in [1.82, 2.24) is 10.2 Å². The van der Waals surface area contributed by atoms with Gasteiger partial charge >= 0.3 is 12.3 Å². The molecule has 0 saturated carbocycles. The summed E-state index contributed by atoms with van der Waals surface area (Å²) < 4.78 is 49.9. The molecule has 1 aliphatic heterocycles. The Morgan fingerprint density at radius 3 is 2.53 bits per heavy atom. The number of nitrogens with one attached hydrogen (secondary N) is 1. The molecule has 1 rings (SSSR count). The monoisotopic (exact) mass is 256 g/mol. The number of nitrogens with zero attached hydrogens (tertiary/aromatic N) is 1. The van der Waals surface area contributed by atoms with Gasteiger partial charge in [-0.1, -0.05) is 13.8 Å². The normalized spacial score (nSPS) is 27.7. The summed E-state index contributed by atoms with van der Waals surface area (Å²) in [4.78, 5) is 1.44. The standard InChI is InChI=1S/C11H20F4N2/c1-3-16-9-4-5-17(6-8(9)2)7-11(14,15)10(12)13/h8-10,16H,3-7H2,1-2H3. The highest BCUT2D eigenvalue weighted by atomic mass is 19.3. The van der Waals surface area contributed by atoms with Crippen molar-refractivity contribution in [1.29, 1.82) is 0 Å². The summed E-state index contributed by atoms with van der Waals surface area (Å²) in [6.45, 7) is 4.84. The fourth-order valence-corrected chi connectivity index (χ4v) is 2.31. The van der Waals surface area contributed by atoms with Gasteiger partial charge in [0.05, 0.1) is 6.54 Å². The summed E-state index contributed by atoms with van der Waals surface area (Å²) in [5.41, 5.74) is 0. The summed E-state index contributed by atoms with van der Waals surface area (Å²) in [6, 6.07) is 0.302. The van der Waals surface area contributed by atoms with Crippen molar-refractivity contribution < 1.29 is 17.6 Å². The molecule has 0 bridgehead atoms. The second-order valence-corrected chi connectivity index (χ2v) is 4.73. The van der Waals surface area contributed by atoms with E-state index in [1.165, 1.54) is 4.90 Å². The van der Waals surface area contributed by atoms with Gasteiger partial charge in [-0.15, -0.1) is 0 Å². The number of alkyl halides is 4. The molecule has 0 aromatic rings. The third kappa shape index (κ3) is 4.10. The third-order valence-electron chi connectivity index (χ3n) is 3.21. The Morgan fingerprint density at radius 2 is 2.06 bits per heavy atom. The van der Waals surface area contributed by atoms with E-state index in [9.17, 15) is 17.6 Å². The lowest BCUT2D eigenvalue weighted by Gasteiger charge is -2.38. The van der Waals surface area contributed by atoms with E-state index in [0.29, 0.717) is 19.1 Å². The lowest BCUT2D eigenvalue weighted by Crippen LogP contribution is -2.52. The molecule has 0 radical (unpaired) electrons. The summed E-state index contributed by atoms with van der Waals surface area (Å²) in [7, 11) is 0. The van der Waals surface area contributed by atoms with Gasteiger partial charge in [-0.25, -0.2) is 8.78 Å². The van der Waals surface area contributed by atoms with Gasteiger partial charge in [0.25, 0.3) is 0 Å². The quantitative estimate of drug-likeness (QED) is 0.759. The second-order valence-electron chi connectivity index (χ2n) is 4.73. The molecule has 0 amide bonds. The van der Waals surface area contributed by atoms with Gasteiger partial charge in [-0.3, -0.25) is 4.90 Å². The number of halogens is 4. The van der Waals surface area contributed by atoms with Crippen LogP contribution in [0.2, 0.25) is 0 Å². The number of hydrogen-bond acceptors (Lipinski definition) is 2. The molecule has 1 aliphatic rings. The van der Waals surface area contributed by atoms with Crippen molar-refractivity contribution in [2.45, 2.75) is 38.7 Å². The average molecular weight is 256 g/mol. The van der Waals surface area contributed by atoms with Crippen LogP contribution in [-0.4, -0.2) is 49.5 Å². The van der Waals surface area contributed by atoms with E-state index in [1.54, 1.807) is 0 Å².